The van der Waals surface area contributed by atoms with Gasteiger partial charge in [-0.25, -0.2) is 9.97 Å². The second-order valence-electron chi connectivity index (χ2n) is 12.9. The molecule has 0 aliphatic carbocycles. The molecule has 3 heterocycles. The summed E-state index contributed by atoms with van der Waals surface area (Å²) < 4.78 is 0. The van der Waals surface area contributed by atoms with E-state index < -0.39 is 0 Å². The zero-order valence-corrected chi connectivity index (χ0v) is 22.8. The number of hydrogen-bond acceptors (Lipinski definition) is 7. The van der Waals surface area contributed by atoms with E-state index in [1.54, 1.807) is 6.33 Å². The molecule has 1 aromatic rings. The number of hydrogen-bond donors (Lipinski definition) is 2. The van der Waals surface area contributed by atoms with Gasteiger partial charge in [0.2, 0.25) is 11.9 Å². The van der Waals surface area contributed by atoms with Crippen LogP contribution in [0.3, 0.4) is 0 Å². The monoisotopic (exact) mass is 469 g/mol. The summed E-state index contributed by atoms with van der Waals surface area (Å²) in [6, 6.07) is 0.645. The van der Waals surface area contributed by atoms with Crippen molar-refractivity contribution >= 4 is 11.9 Å². The maximum absolute atomic E-state index is 5.05. The molecule has 1 aromatic heterocycles. The van der Waals surface area contributed by atoms with Gasteiger partial charge in [0.1, 0.15) is 6.33 Å². The van der Waals surface area contributed by atoms with Crippen LogP contribution in [0.4, 0.5) is 11.9 Å². The first kappa shape index (κ1) is 26.6. The molecule has 3 rings (SSSR count). The van der Waals surface area contributed by atoms with Crippen LogP contribution in [0.15, 0.2) is 31.6 Å². The summed E-state index contributed by atoms with van der Waals surface area (Å²) >= 11 is 0. The summed E-state index contributed by atoms with van der Waals surface area (Å²) in [6.45, 7) is 27.6. The van der Waals surface area contributed by atoms with Crippen molar-refractivity contribution in [2.75, 3.05) is 22.9 Å². The second-order valence-corrected chi connectivity index (χ2v) is 12.9. The predicted molar refractivity (Wildman–Crippen MR) is 144 cm³/mol. The van der Waals surface area contributed by atoms with E-state index in [0.29, 0.717) is 31.1 Å². The minimum Gasteiger partial charge on any atom is -0.334 e. The van der Waals surface area contributed by atoms with Crippen LogP contribution < -0.4 is 20.4 Å². The van der Waals surface area contributed by atoms with E-state index >= 15 is 0 Å². The van der Waals surface area contributed by atoms with Crippen LogP contribution in [-0.2, 0) is 0 Å². The molecular weight excluding hydrogens is 422 g/mol. The molecular formula is C27H47N7. The predicted octanol–water partition coefficient (Wildman–Crippen LogP) is 4.47. The number of rotatable bonds is 8. The molecule has 190 valence electrons. The normalized spacial score (nSPS) is 23.8. The smallest absolute Gasteiger partial charge is 0.230 e. The number of nitrogens with one attached hydrogen (secondary N) is 2. The first-order valence-corrected chi connectivity index (χ1v) is 12.7. The Labute approximate surface area is 207 Å². The summed E-state index contributed by atoms with van der Waals surface area (Å²) in [6.07, 6.45) is 9.55. The van der Waals surface area contributed by atoms with E-state index in [9.17, 15) is 0 Å². The highest BCUT2D eigenvalue weighted by Gasteiger charge is 2.46. The summed E-state index contributed by atoms with van der Waals surface area (Å²) in [4.78, 5) is 19.0. The van der Waals surface area contributed by atoms with Crippen molar-refractivity contribution in [1.82, 2.24) is 25.6 Å². The lowest BCUT2D eigenvalue weighted by atomic mass is 9.75. The SMILES string of the molecule is C=CCN(CC=C)c1ncnc(N(C2CC(C)(C)NC(C)(C)C2)C2CC(C)(C)NC(C)(C)C2)n1. The van der Waals surface area contributed by atoms with Crippen LogP contribution in [0.1, 0.15) is 81.1 Å². The van der Waals surface area contributed by atoms with Gasteiger partial charge in [-0.15, -0.1) is 13.2 Å². The molecule has 2 saturated heterocycles. The molecule has 0 unspecified atom stereocenters. The van der Waals surface area contributed by atoms with Crippen LogP contribution in [-0.4, -0.2) is 62.3 Å². The molecule has 2 fully saturated rings. The van der Waals surface area contributed by atoms with E-state index in [0.717, 1.165) is 31.6 Å². The molecule has 0 bridgehead atoms. The van der Waals surface area contributed by atoms with Crippen molar-refractivity contribution in [2.24, 2.45) is 0 Å². The Morgan fingerprint density at radius 1 is 0.765 bits per heavy atom. The third kappa shape index (κ3) is 6.57. The Morgan fingerprint density at radius 3 is 1.53 bits per heavy atom. The molecule has 0 amide bonds. The zero-order valence-electron chi connectivity index (χ0n) is 22.8. The summed E-state index contributed by atoms with van der Waals surface area (Å²) in [5, 5.41) is 7.69. The maximum atomic E-state index is 5.05. The molecule has 2 aliphatic rings. The molecule has 0 aromatic carbocycles. The highest BCUT2D eigenvalue weighted by atomic mass is 15.4. The van der Waals surface area contributed by atoms with Gasteiger partial charge in [-0.2, -0.15) is 4.98 Å². The second kappa shape index (κ2) is 9.57. The first-order valence-electron chi connectivity index (χ1n) is 12.7. The van der Waals surface area contributed by atoms with Crippen molar-refractivity contribution < 1.29 is 0 Å². The molecule has 7 nitrogen and oxygen atoms in total. The summed E-state index contributed by atoms with van der Waals surface area (Å²) in [5.41, 5.74) is 0.0960. The Hall–Kier alpha value is -1.99. The van der Waals surface area contributed by atoms with Gasteiger partial charge in [0.15, 0.2) is 0 Å². The Kier molecular flexibility index (Phi) is 7.49. The van der Waals surface area contributed by atoms with Gasteiger partial charge in [-0.3, -0.25) is 0 Å². The van der Waals surface area contributed by atoms with Crippen LogP contribution >= 0.6 is 0 Å². The first-order chi connectivity index (χ1) is 15.7. The van der Waals surface area contributed by atoms with Gasteiger partial charge in [0.25, 0.3) is 0 Å². The van der Waals surface area contributed by atoms with Crippen LogP contribution in [0, 0.1) is 0 Å². The van der Waals surface area contributed by atoms with E-state index in [1.165, 1.54) is 0 Å². The standard InChI is InChI=1S/C27H47N7/c1-11-13-33(14-12-2)22-28-19-29-23(30-22)34(20-15-24(3,4)31-25(5,6)16-20)21-17-26(7,8)32-27(9,10)18-21/h11-12,19-21,31-32H,1-2,13-18H2,3-10H3. The molecule has 2 aliphatic heterocycles. The van der Waals surface area contributed by atoms with Crippen molar-refractivity contribution in [1.29, 1.82) is 0 Å². The molecule has 2 N–H and O–H groups in total. The van der Waals surface area contributed by atoms with Crippen molar-refractivity contribution in [2.45, 2.75) is 115 Å². The van der Waals surface area contributed by atoms with Gasteiger partial charge in [-0.05, 0) is 81.1 Å². The zero-order chi connectivity index (χ0) is 25.4. The highest BCUT2D eigenvalue weighted by Crippen LogP contribution is 2.39. The Balaban J connectivity index is 2.08. The summed E-state index contributed by atoms with van der Waals surface area (Å²) in [5.74, 6) is 1.45. The minimum atomic E-state index is 0.0240. The fourth-order valence-corrected chi connectivity index (χ4v) is 6.66. The van der Waals surface area contributed by atoms with Gasteiger partial charge in [-0.1, -0.05) is 12.2 Å². The fraction of sp³-hybridized carbons (Fsp3) is 0.741. The molecule has 0 atom stereocenters. The summed E-state index contributed by atoms with van der Waals surface area (Å²) in [7, 11) is 0. The highest BCUT2D eigenvalue weighted by molar-refractivity contribution is 5.42. The molecule has 7 heteroatoms. The molecule has 34 heavy (non-hydrogen) atoms. The van der Waals surface area contributed by atoms with E-state index in [2.05, 4.69) is 94.0 Å². The Morgan fingerprint density at radius 2 is 1.15 bits per heavy atom. The van der Waals surface area contributed by atoms with Crippen molar-refractivity contribution in [3.05, 3.63) is 31.6 Å². The van der Waals surface area contributed by atoms with E-state index in [4.69, 9.17) is 9.97 Å². The third-order valence-corrected chi connectivity index (χ3v) is 6.88. The largest absolute Gasteiger partial charge is 0.334 e. The van der Waals surface area contributed by atoms with Gasteiger partial charge < -0.3 is 20.4 Å². The number of piperidine rings is 2. The van der Waals surface area contributed by atoms with Crippen LogP contribution in [0.2, 0.25) is 0 Å². The van der Waals surface area contributed by atoms with Crippen molar-refractivity contribution in [3.8, 4) is 0 Å². The van der Waals surface area contributed by atoms with Crippen molar-refractivity contribution in [3.63, 3.8) is 0 Å². The third-order valence-electron chi connectivity index (χ3n) is 6.88. The molecule has 0 saturated carbocycles. The maximum Gasteiger partial charge on any atom is 0.230 e. The number of aromatic nitrogens is 3. The van der Waals surface area contributed by atoms with Gasteiger partial charge >= 0.3 is 0 Å². The topological polar surface area (TPSA) is 69.2 Å². The van der Waals surface area contributed by atoms with E-state index in [-0.39, 0.29) is 22.2 Å². The molecule has 0 radical (unpaired) electrons. The van der Waals surface area contributed by atoms with Gasteiger partial charge in [0, 0.05) is 47.3 Å². The fourth-order valence-electron chi connectivity index (χ4n) is 6.66. The number of anilines is 2. The van der Waals surface area contributed by atoms with Gasteiger partial charge in [0.05, 0.1) is 0 Å². The number of nitrogens with zero attached hydrogens (tertiary/aromatic N) is 5. The van der Waals surface area contributed by atoms with Crippen LogP contribution in [0.25, 0.3) is 0 Å². The Bertz CT molecular complexity index is 793. The quantitative estimate of drug-likeness (QED) is 0.544. The average molecular weight is 470 g/mol. The average Bonchev–Trinajstić information content (AvgIpc) is 2.63. The minimum absolute atomic E-state index is 0.0240. The van der Waals surface area contributed by atoms with E-state index in [1.807, 2.05) is 12.2 Å². The lowest BCUT2D eigenvalue weighted by molar-refractivity contribution is 0.123. The van der Waals surface area contributed by atoms with Crippen LogP contribution in [0.5, 0.6) is 0 Å². The molecule has 0 spiro atoms. The lowest BCUT2D eigenvalue weighted by Crippen LogP contribution is -2.67. The lowest BCUT2D eigenvalue weighted by Gasteiger charge is -2.55.